The van der Waals surface area contributed by atoms with Gasteiger partial charge in [0.1, 0.15) is 0 Å². The molecule has 2 aromatic heterocycles. The Bertz CT molecular complexity index is 1390. The van der Waals surface area contributed by atoms with Gasteiger partial charge in [0.15, 0.2) is 0 Å². The van der Waals surface area contributed by atoms with Gasteiger partial charge in [0.25, 0.3) is 10.0 Å². The number of amides is 1. The van der Waals surface area contributed by atoms with Gasteiger partial charge < -0.3 is 5.32 Å². The van der Waals surface area contributed by atoms with Crippen LogP contribution in [-0.2, 0) is 14.8 Å². The van der Waals surface area contributed by atoms with Gasteiger partial charge >= 0.3 is 0 Å². The van der Waals surface area contributed by atoms with Crippen molar-refractivity contribution in [2.45, 2.75) is 17.2 Å². The van der Waals surface area contributed by atoms with Gasteiger partial charge in [-0.15, -0.1) is 0 Å². The zero-order valence-electron chi connectivity index (χ0n) is 17.0. The maximum Gasteiger partial charge on any atom is 0.261 e. The quantitative estimate of drug-likeness (QED) is 0.465. The predicted octanol–water partition coefficient (Wildman–Crippen LogP) is 4.17. The first-order valence-corrected chi connectivity index (χ1v) is 11.7. The summed E-state index contributed by atoms with van der Waals surface area (Å²) in [6, 6.07) is 17.5. The van der Waals surface area contributed by atoms with Crippen LogP contribution in [-0.4, -0.2) is 24.3 Å². The first-order chi connectivity index (χ1) is 15.5. The van der Waals surface area contributed by atoms with Gasteiger partial charge in [-0.2, -0.15) is 0 Å². The number of nitrogens with one attached hydrogen (secondary N) is 2. The summed E-state index contributed by atoms with van der Waals surface area (Å²) < 4.78 is 27.7. The number of fused-ring (bicyclic) bond motifs is 1. The molecular formula is C24H20N4O3S. The van der Waals surface area contributed by atoms with E-state index in [1.807, 2.05) is 24.3 Å². The second-order valence-corrected chi connectivity index (χ2v) is 9.47. The molecule has 2 heterocycles. The smallest absolute Gasteiger partial charge is 0.261 e. The molecule has 8 heteroatoms. The Morgan fingerprint density at radius 2 is 1.59 bits per heavy atom. The summed E-state index contributed by atoms with van der Waals surface area (Å²) in [6.45, 7) is 0. The number of hydrogen-bond acceptors (Lipinski definition) is 5. The Morgan fingerprint density at radius 3 is 2.38 bits per heavy atom. The molecule has 0 aliphatic heterocycles. The van der Waals surface area contributed by atoms with Crippen molar-refractivity contribution < 1.29 is 13.2 Å². The zero-order valence-corrected chi connectivity index (χ0v) is 17.8. The first kappa shape index (κ1) is 20.1. The number of rotatable bonds is 6. The maximum absolute atomic E-state index is 12.7. The van der Waals surface area contributed by atoms with E-state index in [0.29, 0.717) is 5.69 Å². The van der Waals surface area contributed by atoms with Gasteiger partial charge in [0.2, 0.25) is 5.91 Å². The third kappa shape index (κ3) is 4.17. The summed E-state index contributed by atoms with van der Waals surface area (Å²) in [7, 11) is -3.69. The highest BCUT2D eigenvalue weighted by Crippen LogP contribution is 2.48. The average Bonchev–Trinajstić information content (AvgIpc) is 3.61. The third-order valence-corrected chi connectivity index (χ3v) is 6.98. The summed E-state index contributed by atoms with van der Waals surface area (Å²) in [4.78, 5) is 20.8. The van der Waals surface area contributed by atoms with E-state index in [2.05, 4.69) is 20.0 Å². The second kappa shape index (κ2) is 8.05. The van der Waals surface area contributed by atoms with Gasteiger partial charge in [0, 0.05) is 41.8 Å². The molecule has 7 nitrogen and oxygen atoms in total. The normalized spacial score (nSPS) is 17.6. The minimum absolute atomic E-state index is 0.0283. The molecule has 1 aliphatic carbocycles. The molecule has 1 saturated carbocycles. The maximum atomic E-state index is 12.7. The molecule has 1 aliphatic rings. The highest BCUT2D eigenvalue weighted by Gasteiger charge is 2.44. The molecule has 0 spiro atoms. The van der Waals surface area contributed by atoms with Crippen LogP contribution in [0.15, 0.2) is 90.3 Å². The van der Waals surface area contributed by atoms with Crippen LogP contribution in [0.2, 0.25) is 0 Å². The van der Waals surface area contributed by atoms with Crippen LogP contribution < -0.4 is 10.0 Å². The Kier molecular flexibility index (Phi) is 5.07. The summed E-state index contributed by atoms with van der Waals surface area (Å²) in [5.41, 5.74) is 2.16. The number of sulfonamides is 1. The number of hydrogen-bond donors (Lipinski definition) is 2. The predicted molar refractivity (Wildman–Crippen MR) is 123 cm³/mol. The van der Waals surface area contributed by atoms with E-state index in [0.717, 1.165) is 28.4 Å². The van der Waals surface area contributed by atoms with E-state index in [1.54, 1.807) is 48.8 Å². The zero-order chi connectivity index (χ0) is 22.1. The number of pyridine rings is 2. The van der Waals surface area contributed by atoms with Gasteiger partial charge in [-0.25, -0.2) is 8.42 Å². The van der Waals surface area contributed by atoms with E-state index in [-0.39, 0.29) is 22.6 Å². The lowest BCUT2D eigenvalue weighted by Gasteiger charge is -2.09. The standard InChI is InChI=1S/C24H20N4O3S/c29-24(27-20-4-1-18-15-26-10-7-17(18)13-20)23-14-22(23)16-2-5-21(6-3-16)32(30,31)28-19-8-11-25-12-9-19/h1-13,15,22-23H,14H2,(H,25,28)(H,27,29)/t22?,23-/m1/s1. The van der Waals surface area contributed by atoms with E-state index >= 15 is 0 Å². The molecule has 5 rings (SSSR count). The van der Waals surface area contributed by atoms with Gasteiger partial charge in [-0.3, -0.25) is 19.5 Å². The fraction of sp³-hybridized carbons (Fsp3) is 0.125. The monoisotopic (exact) mass is 444 g/mol. The molecule has 4 aromatic rings. The van der Waals surface area contributed by atoms with Crippen molar-refractivity contribution in [1.29, 1.82) is 0 Å². The SMILES string of the molecule is O=C(Nc1ccc2cnccc2c1)[C@@H]1CC1c1ccc(S(=O)(=O)Nc2ccncc2)cc1. The number of anilines is 2. The molecule has 2 N–H and O–H groups in total. The fourth-order valence-electron chi connectivity index (χ4n) is 3.78. The van der Waals surface area contributed by atoms with Crippen LogP contribution in [0.5, 0.6) is 0 Å². The molecule has 1 fully saturated rings. The Morgan fingerprint density at radius 1 is 0.844 bits per heavy atom. The van der Waals surface area contributed by atoms with Crippen LogP contribution in [0.4, 0.5) is 11.4 Å². The lowest BCUT2D eigenvalue weighted by atomic mass is 10.1. The van der Waals surface area contributed by atoms with Crippen molar-refractivity contribution >= 4 is 38.1 Å². The van der Waals surface area contributed by atoms with Crippen molar-refractivity contribution in [2.75, 3.05) is 10.0 Å². The van der Waals surface area contributed by atoms with Crippen LogP contribution in [0.3, 0.4) is 0 Å². The van der Waals surface area contributed by atoms with Crippen LogP contribution >= 0.6 is 0 Å². The third-order valence-electron chi connectivity index (χ3n) is 5.59. The largest absolute Gasteiger partial charge is 0.326 e. The van der Waals surface area contributed by atoms with Crippen molar-refractivity contribution in [3.63, 3.8) is 0 Å². The molecule has 1 unspecified atom stereocenters. The van der Waals surface area contributed by atoms with Gasteiger partial charge in [-0.05, 0) is 65.8 Å². The van der Waals surface area contributed by atoms with Crippen LogP contribution in [0.1, 0.15) is 17.9 Å². The molecule has 2 atom stereocenters. The molecule has 0 saturated heterocycles. The van der Waals surface area contributed by atoms with Gasteiger partial charge in [0.05, 0.1) is 10.6 Å². The van der Waals surface area contributed by atoms with Crippen molar-refractivity contribution in [3.8, 4) is 0 Å². The lowest BCUT2D eigenvalue weighted by Crippen LogP contribution is -2.14. The Balaban J connectivity index is 1.24. The van der Waals surface area contributed by atoms with E-state index in [4.69, 9.17) is 0 Å². The van der Waals surface area contributed by atoms with Crippen LogP contribution in [0, 0.1) is 5.92 Å². The van der Waals surface area contributed by atoms with Crippen molar-refractivity contribution in [2.24, 2.45) is 5.92 Å². The highest BCUT2D eigenvalue weighted by molar-refractivity contribution is 7.92. The Hall–Kier alpha value is -3.78. The fourth-order valence-corrected chi connectivity index (χ4v) is 4.84. The number of benzene rings is 2. The summed E-state index contributed by atoms with van der Waals surface area (Å²) >= 11 is 0. The topological polar surface area (TPSA) is 101 Å². The minimum atomic E-state index is -3.69. The number of aromatic nitrogens is 2. The molecule has 160 valence electrons. The highest BCUT2D eigenvalue weighted by atomic mass is 32.2. The van der Waals surface area contributed by atoms with E-state index < -0.39 is 10.0 Å². The number of nitrogens with zero attached hydrogens (tertiary/aromatic N) is 2. The van der Waals surface area contributed by atoms with E-state index in [9.17, 15) is 13.2 Å². The lowest BCUT2D eigenvalue weighted by molar-refractivity contribution is -0.117. The van der Waals surface area contributed by atoms with Crippen molar-refractivity contribution in [3.05, 3.63) is 91.0 Å². The summed E-state index contributed by atoms with van der Waals surface area (Å²) in [6.07, 6.45) is 7.29. The van der Waals surface area contributed by atoms with Crippen LogP contribution in [0.25, 0.3) is 10.8 Å². The second-order valence-electron chi connectivity index (χ2n) is 7.79. The average molecular weight is 445 g/mol. The summed E-state index contributed by atoms with van der Waals surface area (Å²) in [5, 5.41) is 5.02. The number of carbonyl (C=O) groups excluding carboxylic acids is 1. The minimum Gasteiger partial charge on any atom is -0.326 e. The summed E-state index contributed by atoms with van der Waals surface area (Å²) in [5.74, 6) is -0.0652. The van der Waals surface area contributed by atoms with Crippen molar-refractivity contribution in [1.82, 2.24) is 9.97 Å². The first-order valence-electron chi connectivity index (χ1n) is 10.2. The Labute approximate surface area is 185 Å². The molecule has 2 aromatic carbocycles. The number of carbonyl (C=O) groups is 1. The molecule has 0 bridgehead atoms. The van der Waals surface area contributed by atoms with E-state index in [1.165, 1.54) is 12.4 Å². The van der Waals surface area contributed by atoms with Gasteiger partial charge in [-0.1, -0.05) is 18.2 Å². The molecule has 0 radical (unpaired) electrons. The molecule has 1 amide bonds. The molecule has 32 heavy (non-hydrogen) atoms. The molecular weight excluding hydrogens is 424 g/mol.